The summed E-state index contributed by atoms with van der Waals surface area (Å²) in [7, 11) is 0. The number of rotatable bonds is 4. The van der Waals surface area contributed by atoms with Crippen LogP contribution in [-0.4, -0.2) is 35.4 Å². The van der Waals surface area contributed by atoms with Crippen molar-refractivity contribution >= 4 is 11.6 Å². The number of hydrogen-bond donors (Lipinski definition) is 3. The lowest BCUT2D eigenvalue weighted by Crippen LogP contribution is -2.30. The van der Waals surface area contributed by atoms with Crippen LogP contribution in [-0.2, 0) is 0 Å². The molecule has 2 rings (SSSR count). The van der Waals surface area contributed by atoms with Crippen molar-refractivity contribution in [1.29, 1.82) is 0 Å². The summed E-state index contributed by atoms with van der Waals surface area (Å²) in [6.45, 7) is 2.48. The topological polar surface area (TPSA) is 100 Å². The molecule has 0 radical (unpaired) electrons. The minimum Gasteiger partial charge on any atom is -0.351 e. The van der Waals surface area contributed by atoms with Crippen molar-refractivity contribution in [2.45, 2.75) is 6.42 Å². The molecule has 1 aromatic rings. The van der Waals surface area contributed by atoms with Crippen molar-refractivity contribution in [1.82, 2.24) is 15.6 Å². The second-order valence-electron chi connectivity index (χ2n) is 4.10. The number of nitrogens with zero attached hydrogens (tertiary/aromatic N) is 1. The molecule has 1 atom stereocenters. The van der Waals surface area contributed by atoms with E-state index < -0.39 is 4.92 Å². The van der Waals surface area contributed by atoms with Gasteiger partial charge in [-0.3, -0.25) is 14.9 Å². The van der Waals surface area contributed by atoms with Crippen LogP contribution in [0.25, 0.3) is 0 Å². The Morgan fingerprint density at radius 2 is 2.47 bits per heavy atom. The molecule has 1 amide bonds. The van der Waals surface area contributed by atoms with Crippen molar-refractivity contribution < 1.29 is 9.72 Å². The monoisotopic (exact) mass is 238 g/mol. The summed E-state index contributed by atoms with van der Waals surface area (Å²) >= 11 is 0. The van der Waals surface area contributed by atoms with Crippen molar-refractivity contribution in [3.05, 3.63) is 28.1 Å². The number of carbonyl (C=O) groups excluding carboxylic acids is 1. The Morgan fingerprint density at radius 3 is 3.06 bits per heavy atom. The third kappa shape index (κ3) is 2.82. The average molecular weight is 238 g/mol. The van der Waals surface area contributed by atoms with E-state index in [0.717, 1.165) is 19.5 Å². The van der Waals surface area contributed by atoms with Gasteiger partial charge in [0.05, 0.1) is 11.1 Å². The van der Waals surface area contributed by atoms with Gasteiger partial charge in [-0.1, -0.05) is 0 Å². The minimum atomic E-state index is -0.534. The van der Waals surface area contributed by atoms with E-state index in [1.165, 1.54) is 12.3 Å². The second kappa shape index (κ2) is 4.96. The summed E-state index contributed by atoms with van der Waals surface area (Å²) in [4.78, 5) is 24.2. The molecule has 2 heterocycles. The summed E-state index contributed by atoms with van der Waals surface area (Å²) < 4.78 is 0. The third-order valence-corrected chi connectivity index (χ3v) is 2.84. The highest BCUT2D eigenvalue weighted by atomic mass is 16.6. The lowest BCUT2D eigenvalue weighted by molar-refractivity contribution is -0.384. The van der Waals surface area contributed by atoms with Gasteiger partial charge in [0.25, 0.3) is 11.6 Å². The lowest BCUT2D eigenvalue weighted by Gasteiger charge is -2.08. The number of nitro groups is 1. The second-order valence-corrected chi connectivity index (χ2v) is 4.10. The molecule has 0 aromatic carbocycles. The molecule has 1 aliphatic rings. The SMILES string of the molecule is O=C(NCC1CCNC1)c1cc([N+](=O)[O-])c[nH]1. The Morgan fingerprint density at radius 1 is 1.65 bits per heavy atom. The number of H-pyrrole nitrogens is 1. The average Bonchev–Trinajstić information content (AvgIpc) is 2.96. The highest BCUT2D eigenvalue weighted by Crippen LogP contribution is 2.12. The number of aromatic nitrogens is 1. The van der Waals surface area contributed by atoms with Crippen LogP contribution in [0.5, 0.6) is 0 Å². The van der Waals surface area contributed by atoms with Gasteiger partial charge in [0.15, 0.2) is 0 Å². The zero-order valence-corrected chi connectivity index (χ0v) is 9.23. The van der Waals surface area contributed by atoms with Crippen LogP contribution < -0.4 is 10.6 Å². The molecule has 1 fully saturated rings. The fraction of sp³-hybridized carbons (Fsp3) is 0.500. The molecule has 0 aliphatic carbocycles. The van der Waals surface area contributed by atoms with E-state index in [1.54, 1.807) is 0 Å². The van der Waals surface area contributed by atoms with E-state index in [2.05, 4.69) is 15.6 Å². The maximum Gasteiger partial charge on any atom is 0.287 e. The van der Waals surface area contributed by atoms with Crippen LogP contribution in [0.15, 0.2) is 12.3 Å². The first-order chi connectivity index (χ1) is 8.16. The van der Waals surface area contributed by atoms with E-state index in [1.807, 2.05) is 0 Å². The maximum atomic E-state index is 11.7. The summed E-state index contributed by atoms with van der Waals surface area (Å²) in [5.74, 6) is 0.147. The molecule has 3 N–H and O–H groups in total. The number of aromatic amines is 1. The molecule has 0 saturated carbocycles. The molecule has 17 heavy (non-hydrogen) atoms. The zero-order valence-electron chi connectivity index (χ0n) is 9.23. The molecule has 1 saturated heterocycles. The number of amides is 1. The Labute approximate surface area is 97.7 Å². The first-order valence-electron chi connectivity index (χ1n) is 5.48. The van der Waals surface area contributed by atoms with Gasteiger partial charge in [-0.15, -0.1) is 0 Å². The zero-order chi connectivity index (χ0) is 12.3. The van der Waals surface area contributed by atoms with Gasteiger partial charge in [0, 0.05) is 12.6 Å². The molecule has 92 valence electrons. The third-order valence-electron chi connectivity index (χ3n) is 2.84. The molecule has 1 unspecified atom stereocenters. The van der Waals surface area contributed by atoms with Gasteiger partial charge in [-0.25, -0.2) is 0 Å². The quantitative estimate of drug-likeness (QED) is 0.517. The van der Waals surface area contributed by atoms with Crippen LogP contribution in [0.3, 0.4) is 0 Å². The van der Waals surface area contributed by atoms with Gasteiger partial charge < -0.3 is 15.6 Å². The highest BCUT2D eigenvalue weighted by Gasteiger charge is 2.17. The van der Waals surface area contributed by atoms with Crippen molar-refractivity contribution in [3.8, 4) is 0 Å². The minimum absolute atomic E-state index is 0.0994. The molecule has 0 spiro atoms. The molecule has 7 heteroatoms. The smallest absolute Gasteiger partial charge is 0.287 e. The molecular formula is C10H14N4O3. The van der Waals surface area contributed by atoms with E-state index in [-0.39, 0.29) is 17.3 Å². The Hall–Kier alpha value is -1.89. The van der Waals surface area contributed by atoms with Crippen molar-refractivity contribution in [3.63, 3.8) is 0 Å². The lowest BCUT2D eigenvalue weighted by atomic mass is 10.1. The summed E-state index contributed by atoms with van der Waals surface area (Å²) in [5, 5.41) is 16.4. The molecule has 1 aromatic heterocycles. The van der Waals surface area contributed by atoms with E-state index in [4.69, 9.17) is 0 Å². The first kappa shape index (κ1) is 11.6. The molecular weight excluding hydrogens is 224 g/mol. The van der Waals surface area contributed by atoms with E-state index in [0.29, 0.717) is 12.5 Å². The fourth-order valence-electron chi connectivity index (χ4n) is 1.84. The highest BCUT2D eigenvalue weighted by molar-refractivity contribution is 5.93. The van der Waals surface area contributed by atoms with Gasteiger partial charge >= 0.3 is 0 Å². The standard InChI is InChI=1S/C10H14N4O3/c15-10(13-5-7-1-2-11-4-7)9-3-8(6-12-9)14(16)17/h3,6-7,11-12H,1-2,4-5H2,(H,13,15). The fourth-order valence-corrected chi connectivity index (χ4v) is 1.84. The van der Waals surface area contributed by atoms with Gasteiger partial charge in [-0.2, -0.15) is 0 Å². The Balaban J connectivity index is 1.87. The number of carbonyl (C=O) groups is 1. The summed E-state index contributed by atoms with van der Waals surface area (Å²) in [6.07, 6.45) is 2.26. The van der Waals surface area contributed by atoms with Crippen LogP contribution in [0.4, 0.5) is 5.69 Å². The van der Waals surface area contributed by atoms with Crippen molar-refractivity contribution in [2.24, 2.45) is 5.92 Å². The summed E-state index contributed by atoms with van der Waals surface area (Å²) in [5.41, 5.74) is 0.125. The number of nitrogens with one attached hydrogen (secondary N) is 3. The van der Waals surface area contributed by atoms with Gasteiger partial charge in [0.1, 0.15) is 5.69 Å². The maximum absolute atomic E-state index is 11.7. The predicted molar refractivity (Wildman–Crippen MR) is 60.8 cm³/mol. The van der Waals surface area contributed by atoms with Gasteiger partial charge in [-0.05, 0) is 25.4 Å². The largest absolute Gasteiger partial charge is 0.351 e. The van der Waals surface area contributed by atoms with Crippen molar-refractivity contribution in [2.75, 3.05) is 19.6 Å². The number of hydrogen-bond acceptors (Lipinski definition) is 4. The summed E-state index contributed by atoms with van der Waals surface area (Å²) in [6, 6.07) is 1.24. The first-order valence-corrected chi connectivity index (χ1v) is 5.48. The Kier molecular flexibility index (Phi) is 3.38. The molecule has 1 aliphatic heterocycles. The van der Waals surface area contributed by atoms with Crippen LogP contribution >= 0.6 is 0 Å². The molecule has 0 bridgehead atoms. The Bertz CT molecular complexity index is 423. The van der Waals surface area contributed by atoms with Crippen LogP contribution in [0.1, 0.15) is 16.9 Å². The van der Waals surface area contributed by atoms with Crippen LogP contribution in [0, 0.1) is 16.0 Å². The predicted octanol–water partition coefficient (Wildman–Crippen LogP) is 0.262. The van der Waals surface area contributed by atoms with Crippen LogP contribution in [0.2, 0.25) is 0 Å². The van der Waals surface area contributed by atoms with E-state index >= 15 is 0 Å². The van der Waals surface area contributed by atoms with Gasteiger partial charge in [0.2, 0.25) is 0 Å². The normalized spacial score (nSPS) is 19.2. The van der Waals surface area contributed by atoms with E-state index in [9.17, 15) is 14.9 Å². The molecule has 7 nitrogen and oxygen atoms in total.